The van der Waals surface area contributed by atoms with Gasteiger partial charge in [0, 0.05) is 5.41 Å². The van der Waals surface area contributed by atoms with E-state index in [1.165, 1.54) is 19.3 Å². The topological polar surface area (TPSA) is 17.1 Å². The molecule has 2 bridgehead atoms. The molecular formula is C15H24O. The van der Waals surface area contributed by atoms with E-state index in [4.69, 9.17) is 0 Å². The van der Waals surface area contributed by atoms with E-state index in [0.29, 0.717) is 17.6 Å². The molecule has 0 heterocycles. The van der Waals surface area contributed by atoms with Crippen LogP contribution in [-0.4, -0.2) is 5.78 Å². The second-order valence-electron chi connectivity index (χ2n) is 6.38. The lowest BCUT2D eigenvalue weighted by Gasteiger charge is -2.51. The monoisotopic (exact) mass is 220 g/mol. The molecule has 0 saturated heterocycles. The molecule has 0 aromatic rings. The summed E-state index contributed by atoms with van der Waals surface area (Å²) in [5, 5.41) is 0. The maximum atomic E-state index is 12.3. The Kier molecular flexibility index (Phi) is 2.56. The van der Waals surface area contributed by atoms with Crippen LogP contribution in [0.1, 0.15) is 47.0 Å². The number of ketones is 1. The van der Waals surface area contributed by atoms with Crippen LogP contribution in [-0.2, 0) is 4.79 Å². The fourth-order valence-corrected chi connectivity index (χ4v) is 5.12. The summed E-state index contributed by atoms with van der Waals surface area (Å²) in [4.78, 5) is 12.3. The first-order valence-corrected chi connectivity index (χ1v) is 6.52. The van der Waals surface area contributed by atoms with E-state index in [0.717, 1.165) is 5.92 Å². The molecule has 0 spiro atoms. The van der Waals surface area contributed by atoms with E-state index < -0.39 is 0 Å². The van der Waals surface area contributed by atoms with Crippen molar-refractivity contribution in [3.05, 3.63) is 12.7 Å². The quantitative estimate of drug-likeness (QED) is 0.660. The lowest BCUT2D eigenvalue weighted by Crippen LogP contribution is -2.51. The number of rotatable bonds is 3. The largest absolute Gasteiger partial charge is 0.299 e. The molecule has 2 aliphatic rings. The summed E-state index contributed by atoms with van der Waals surface area (Å²) in [6.45, 7) is 12.5. The molecule has 0 radical (unpaired) electrons. The van der Waals surface area contributed by atoms with Crippen molar-refractivity contribution in [2.24, 2.45) is 28.6 Å². The number of allylic oxidation sites excluding steroid dienone is 1. The van der Waals surface area contributed by atoms with Gasteiger partial charge >= 0.3 is 0 Å². The third kappa shape index (κ3) is 1.10. The summed E-state index contributed by atoms with van der Waals surface area (Å²) in [6, 6.07) is 0. The van der Waals surface area contributed by atoms with Crippen molar-refractivity contribution in [2.45, 2.75) is 47.0 Å². The zero-order chi connectivity index (χ0) is 12.1. The van der Waals surface area contributed by atoms with Gasteiger partial charge in [-0.25, -0.2) is 0 Å². The van der Waals surface area contributed by atoms with Crippen molar-refractivity contribution >= 4 is 5.78 Å². The number of hydrogen-bond acceptors (Lipinski definition) is 1. The lowest BCUT2D eigenvalue weighted by atomic mass is 9.51. The van der Waals surface area contributed by atoms with Crippen LogP contribution in [0, 0.1) is 28.6 Å². The zero-order valence-electron chi connectivity index (χ0n) is 11.0. The van der Waals surface area contributed by atoms with Crippen molar-refractivity contribution in [3.8, 4) is 0 Å². The average Bonchev–Trinajstić information content (AvgIpc) is 2.73. The highest BCUT2D eigenvalue weighted by atomic mass is 16.1. The second-order valence-corrected chi connectivity index (χ2v) is 6.38. The van der Waals surface area contributed by atoms with Gasteiger partial charge in [-0.15, -0.1) is 6.58 Å². The molecule has 1 nitrogen and oxygen atoms in total. The van der Waals surface area contributed by atoms with Crippen LogP contribution in [0.25, 0.3) is 0 Å². The van der Waals surface area contributed by atoms with E-state index >= 15 is 0 Å². The van der Waals surface area contributed by atoms with Crippen molar-refractivity contribution in [1.82, 2.24) is 0 Å². The Bertz CT molecular complexity index is 328. The van der Waals surface area contributed by atoms with Gasteiger partial charge in [0.05, 0.1) is 0 Å². The summed E-state index contributed by atoms with van der Waals surface area (Å²) in [5.74, 6) is 2.02. The molecule has 2 rings (SSSR count). The molecule has 0 amide bonds. The SMILES string of the molecule is C=CC(C)C1(C(C)=O)C2CCC(C2)C1(C)C. The van der Waals surface area contributed by atoms with Gasteiger partial charge in [0.15, 0.2) is 0 Å². The van der Waals surface area contributed by atoms with Crippen LogP contribution in [0.15, 0.2) is 12.7 Å². The van der Waals surface area contributed by atoms with Gasteiger partial charge in [-0.1, -0.05) is 26.8 Å². The van der Waals surface area contributed by atoms with Crippen LogP contribution in [0.3, 0.4) is 0 Å². The van der Waals surface area contributed by atoms with Crippen LogP contribution >= 0.6 is 0 Å². The first kappa shape index (κ1) is 11.9. The molecule has 16 heavy (non-hydrogen) atoms. The Balaban J connectivity index is 2.54. The predicted molar refractivity (Wildman–Crippen MR) is 67.1 cm³/mol. The van der Waals surface area contributed by atoms with Crippen LogP contribution < -0.4 is 0 Å². The standard InChI is InChI=1S/C15H24O/c1-6-10(2)15(11(3)16)13-8-7-12(9-13)14(15,4)5/h6,10,12-13H,1,7-9H2,2-5H3. The molecule has 2 aliphatic carbocycles. The third-order valence-corrected chi connectivity index (χ3v) is 5.82. The average molecular weight is 220 g/mol. The van der Waals surface area contributed by atoms with Gasteiger partial charge in [0.2, 0.25) is 0 Å². The maximum Gasteiger partial charge on any atom is 0.137 e. The Hall–Kier alpha value is -0.590. The van der Waals surface area contributed by atoms with Crippen molar-refractivity contribution in [2.75, 3.05) is 0 Å². The Morgan fingerprint density at radius 1 is 1.38 bits per heavy atom. The highest BCUT2D eigenvalue weighted by Gasteiger charge is 2.66. The van der Waals surface area contributed by atoms with Gasteiger partial charge in [-0.3, -0.25) is 4.79 Å². The molecule has 2 fully saturated rings. The Labute approximate surface area is 99.3 Å². The number of fused-ring (bicyclic) bond motifs is 2. The second kappa shape index (κ2) is 3.45. The molecule has 0 aromatic carbocycles. The molecule has 0 aromatic heterocycles. The Morgan fingerprint density at radius 2 is 1.94 bits per heavy atom. The van der Waals surface area contributed by atoms with Gasteiger partial charge in [0.25, 0.3) is 0 Å². The number of carbonyl (C=O) groups is 1. The normalized spacial score (nSPS) is 42.0. The van der Waals surface area contributed by atoms with Gasteiger partial charge in [-0.2, -0.15) is 0 Å². The molecule has 0 N–H and O–H groups in total. The maximum absolute atomic E-state index is 12.3. The first-order valence-electron chi connectivity index (χ1n) is 6.52. The van der Waals surface area contributed by atoms with E-state index in [-0.39, 0.29) is 10.8 Å². The molecule has 0 aliphatic heterocycles. The third-order valence-electron chi connectivity index (χ3n) is 5.82. The summed E-state index contributed by atoms with van der Waals surface area (Å²) >= 11 is 0. The van der Waals surface area contributed by atoms with Gasteiger partial charge in [0.1, 0.15) is 5.78 Å². The van der Waals surface area contributed by atoms with E-state index in [1.54, 1.807) is 6.92 Å². The number of Topliss-reactive ketones (excluding diaryl/α,β-unsaturated/α-hetero) is 1. The summed E-state index contributed by atoms with van der Waals surface area (Å²) in [7, 11) is 0. The lowest BCUT2D eigenvalue weighted by molar-refractivity contribution is -0.143. The minimum atomic E-state index is -0.141. The zero-order valence-corrected chi connectivity index (χ0v) is 11.0. The smallest absolute Gasteiger partial charge is 0.137 e. The molecule has 1 heteroatoms. The van der Waals surface area contributed by atoms with Crippen molar-refractivity contribution < 1.29 is 4.79 Å². The molecular weight excluding hydrogens is 196 g/mol. The number of carbonyl (C=O) groups excluding carboxylic acids is 1. The Morgan fingerprint density at radius 3 is 2.31 bits per heavy atom. The minimum absolute atomic E-state index is 0.141. The highest BCUT2D eigenvalue weighted by molar-refractivity contribution is 5.85. The van der Waals surface area contributed by atoms with Crippen LogP contribution in [0.4, 0.5) is 0 Å². The fourth-order valence-electron chi connectivity index (χ4n) is 5.12. The molecule has 2 saturated carbocycles. The summed E-state index contributed by atoms with van der Waals surface area (Å²) < 4.78 is 0. The fraction of sp³-hybridized carbons (Fsp3) is 0.800. The van der Waals surface area contributed by atoms with Crippen LogP contribution in [0.5, 0.6) is 0 Å². The number of hydrogen-bond donors (Lipinski definition) is 0. The minimum Gasteiger partial charge on any atom is -0.299 e. The summed E-state index contributed by atoms with van der Waals surface area (Å²) in [5.41, 5.74) is 0.00697. The van der Waals surface area contributed by atoms with Gasteiger partial charge < -0.3 is 0 Å². The van der Waals surface area contributed by atoms with Gasteiger partial charge in [-0.05, 0) is 49.4 Å². The predicted octanol–water partition coefficient (Wildman–Crippen LogP) is 3.84. The van der Waals surface area contributed by atoms with Crippen molar-refractivity contribution in [3.63, 3.8) is 0 Å². The highest BCUT2D eigenvalue weighted by Crippen LogP contribution is 2.69. The van der Waals surface area contributed by atoms with Crippen LogP contribution in [0.2, 0.25) is 0 Å². The first-order chi connectivity index (χ1) is 7.39. The molecule has 4 atom stereocenters. The molecule has 4 unspecified atom stereocenters. The summed E-state index contributed by atoms with van der Waals surface area (Å²) in [6.07, 6.45) is 5.80. The van der Waals surface area contributed by atoms with E-state index in [9.17, 15) is 4.79 Å². The molecule has 90 valence electrons. The van der Waals surface area contributed by atoms with Crippen molar-refractivity contribution in [1.29, 1.82) is 0 Å². The van der Waals surface area contributed by atoms with E-state index in [1.807, 2.05) is 6.08 Å². The van der Waals surface area contributed by atoms with E-state index in [2.05, 4.69) is 27.4 Å².